The van der Waals surface area contributed by atoms with E-state index < -0.39 is 0 Å². The fourth-order valence-electron chi connectivity index (χ4n) is 4.37. The number of anilines is 1. The molecule has 0 unspecified atom stereocenters. The zero-order chi connectivity index (χ0) is 19.5. The van der Waals surface area contributed by atoms with Gasteiger partial charge in [0.1, 0.15) is 5.75 Å². The molecule has 2 aliphatic heterocycles. The number of benzene rings is 1. The summed E-state index contributed by atoms with van der Waals surface area (Å²) in [5.74, 6) is 0.512. The van der Waals surface area contributed by atoms with Gasteiger partial charge >= 0.3 is 0 Å². The molecule has 1 N–H and O–H groups in total. The molecular formula is C22H30N4O2. The second kappa shape index (κ2) is 8.27. The van der Waals surface area contributed by atoms with E-state index in [2.05, 4.69) is 14.4 Å². The summed E-state index contributed by atoms with van der Waals surface area (Å²) in [6.45, 7) is 6.82. The van der Waals surface area contributed by atoms with Crippen LogP contribution >= 0.6 is 0 Å². The average molecular weight is 383 g/mol. The minimum atomic E-state index is 0.199. The number of nitrogens with zero attached hydrogens (tertiary/aromatic N) is 4. The summed E-state index contributed by atoms with van der Waals surface area (Å²) in [6.07, 6.45) is 5.05. The Kier molecular flexibility index (Phi) is 5.57. The molecule has 150 valence electrons. The standard InChI is InChI=1S/C22H30N4O2/c1-23-13-9-20-21(23)4-2-11-26(22(20)28)12-3-10-24-14-16-25(17-15-24)18-5-7-19(27)8-6-18/h5-9,13,27H,2-4,10-12,14-17H2,1H3. The third kappa shape index (κ3) is 4.02. The highest BCUT2D eigenvalue weighted by molar-refractivity contribution is 5.95. The number of carbonyl (C=O) groups excluding carboxylic acids is 1. The highest BCUT2D eigenvalue weighted by Crippen LogP contribution is 2.21. The lowest BCUT2D eigenvalue weighted by molar-refractivity contribution is 0.0753. The predicted octanol–water partition coefficient (Wildman–Crippen LogP) is 2.33. The largest absolute Gasteiger partial charge is 0.508 e. The van der Waals surface area contributed by atoms with E-state index in [1.807, 2.05) is 36.3 Å². The maximum Gasteiger partial charge on any atom is 0.255 e. The molecular weight excluding hydrogens is 352 g/mol. The molecule has 2 aromatic rings. The van der Waals surface area contributed by atoms with Crippen molar-refractivity contribution in [2.45, 2.75) is 19.3 Å². The smallest absolute Gasteiger partial charge is 0.255 e. The van der Waals surface area contributed by atoms with Gasteiger partial charge in [0.2, 0.25) is 0 Å². The minimum absolute atomic E-state index is 0.199. The van der Waals surface area contributed by atoms with Gasteiger partial charge in [-0.3, -0.25) is 9.69 Å². The van der Waals surface area contributed by atoms with Gasteiger partial charge in [0, 0.05) is 63.9 Å². The van der Waals surface area contributed by atoms with Gasteiger partial charge in [-0.1, -0.05) is 0 Å². The topological polar surface area (TPSA) is 52.0 Å². The van der Waals surface area contributed by atoms with Gasteiger partial charge in [0.25, 0.3) is 5.91 Å². The van der Waals surface area contributed by atoms with Crippen LogP contribution in [0.4, 0.5) is 5.69 Å². The molecule has 0 bridgehead atoms. The number of rotatable bonds is 5. The summed E-state index contributed by atoms with van der Waals surface area (Å²) >= 11 is 0. The van der Waals surface area contributed by atoms with Crippen molar-refractivity contribution in [3.63, 3.8) is 0 Å². The third-order valence-electron chi connectivity index (χ3n) is 6.05. The zero-order valence-corrected chi connectivity index (χ0v) is 16.7. The fraction of sp³-hybridized carbons (Fsp3) is 0.500. The van der Waals surface area contributed by atoms with Crippen molar-refractivity contribution in [2.75, 3.05) is 50.7 Å². The van der Waals surface area contributed by atoms with E-state index in [4.69, 9.17) is 0 Å². The van der Waals surface area contributed by atoms with E-state index in [0.29, 0.717) is 5.75 Å². The van der Waals surface area contributed by atoms with Gasteiger partial charge in [0.05, 0.1) is 5.56 Å². The number of piperazine rings is 1. The molecule has 0 saturated carbocycles. The van der Waals surface area contributed by atoms with Crippen LogP contribution in [-0.4, -0.2) is 71.2 Å². The van der Waals surface area contributed by atoms with Gasteiger partial charge in [-0.05, 0) is 56.1 Å². The molecule has 6 heteroatoms. The van der Waals surface area contributed by atoms with Crippen LogP contribution in [0.3, 0.4) is 0 Å². The Morgan fingerprint density at radius 2 is 1.71 bits per heavy atom. The van der Waals surface area contributed by atoms with Crippen LogP contribution in [0.15, 0.2) is 36.5 Å². The molecule has 6 nitrogen and oxygen atoms in total. The highest BCUT2D eigenvalue weighted by Gasteiger charge is 2.24. The van der Waals surface area contributed by atoms with E-state index in [9.17, 15) is 9.90 Å². The number of carbonyl (C=O) groups is 1. The van der Waals surface area contributed by atoms with Gasteiger partial charge in [0.15, 0.2) is 0 Å². The van der Waals surface area contributed by atoms with Crippen molar-refractivity contribution in [1.29, 1.82) is 0 Å². The van der Waals surface area contributed by atoms with Gasteiger partial charge < -0.3 is 19.5 Å². The number of amides is 1. The molecule has 0 atom stereocenters. The van der Waals surface area contributed by atoms with E-state index in [1.165, 1.54) is 11.4 Å². The molecule has 3 heterocycles. The molecule has 1 amide bonds. The van der Waals surface area contributed by atoms with Gasteiger partial charge in [-0.2, -0.15) is 0 Å². The molecule has 1 aromatic heterocycles. The highest BCUT2D eigenvalue weighted by atomic mass is 16.3. The van der Waals surface area contributed by atoms with Crippen molar-refractivity contribution >= 4 is 11.6 Å². The maximum atomic E-state index is 12.8. The zero-order valence-electron chi connectivity index (χ0n) is 16.7. The SMILES string of the molecule is Cn1ccc2c1CCCN(CCCN1CCN(c3ccc(O)cc3)CC1)C2=O. The first kappa shape index (κ1) is 18.9. The molecule has 1 saturated heterocycles. The Balaban J connectivity index is 1.24. The summed E-state index contributed by atoms with van der Waals surface area (Å²) in [5.41, 5.74) is 3.24. The number of hydrogen-bond acceptors (Lipinski definition) is 4. The van der Waals surface area contributed by atoms with E-state index in [0.717, 1.165) is 70.6 Å². The normalized spacial score (nSPS) is 18.2. The average Bonchev–Trinajstić information content (AvgIpc) is 2.99. The summed E-state index contributed by atoms with van der Waals surface area (Å²) in [6, 6.07) is 9.43. The monoisotopic (exact) mass is 382 g/mol. The first-order valence-electron chi connectivity index (χ1n) is 10.3. The number of phenols is 1. The van der Waals surface area contributed by atoms with Crippen LogP contribution in [0.25, 0.3) is 0 Å². The summed E-state index contributed by atoms with van der Waals surface area (Å²) in [4.78, 5) is 19.7. The Labute approximate surface area is 167 Å². The number of aromatic nitrogens is 1. The first-order chi connectivity index (χ1) is 13.6. The van der Waals surface area contributed by atoms with Crippen molar-refractivity contribution in [1.82, 2.24) is 14.4 Å². The number of aromatic hydroxyl groups is 1. The second-order valence-electron chi connectivity index (χ2n) is 7.88. The predicted molar refractivity (Wildman–Crippen MR) is 111 cm³/mol. The van der Waals surface area contributed by atoms with E-state index >= 15 is 0 Å². The number of hydrogen-bond donors (Lipinski definition) is 1. The van der Waals surface area contributed by atoms with Crippen LogP contribution < -0.4 is 4.90 Å². The molecule has 1 fully saturated rings. The Bertz CT molecular complexity index is 806. The van der Waals surface area contributed by atoms with Crippen molar-refractivity contribution in [3.8, 4) is 5.75 Å². The summed E-state index contributed by atoms with van der Waals surface area (Å²) < 4.78 is 2.09. The fourth-order valence-corrected chi connectivity index (χ4v) is 4.37. The molecule has 4 rings (SSSR count). The van der Waals surface area contributed by atoms with Crippen LogP contribution in [0.5, 0.6) is 5.75 Å². The van der Waals surface area contributed by atoms with Crippen LogP contribution in [0, 0.1) is 0 Å². The van der Waals surface area contributed by atoms with Crippen molar-refractivity contribution in [2.24, 2.45) is 7.05 Å². The Hall–Kier alpha value is -2.47. The number of fused-ring (bicyclic) bond motifs is 1. The van der Waals surface area contributed by atoms with Gasteiger partial charge in [-0.15, -0.1) is 0 Å². The van der Waals surface area contributed by atoms with Gasteiger partial charge in [-0.25, -0.2) is 0 Å². The summed E-state index contributed by atoms with van der Waals surface area (Å²) in [7, 11) is 2.03. The van der Waals surface area contributed by atoms with Crippen LogP contribution in [0.1, 0.15) is 28.9 Å². The molecule has 0 spiro atoms. The Morgan fingerprint density at radius 1 is 0.964 bits per heavy atom. The number of aryl methyl sites for hydroxylation is 1. The minimum Gasteiger partial charge on any atom is -0.508 e. The summed E-state index contributed by atoms with van der Waals surface area (Å²) in [5, 5.41) is 9.44. The lowest BCUT2D eigenvalue weighted by Crippen LogP contribution is -2.47. The first-order valence-corrected chi connectivity index (χ1v) is 10.3. The van der Waals surface area contributed by atoms with E-state index in [1.54, 1.807) is 12.1 Å². The molecule has 28 heavy (non-hydrogen) atoms. The Morgan fingerprint density at radius 3 is 2.46 bits per heavy atom. The molecule has 1 aromatic carbocycles. The number of phenolic OH excluding ortho intramolecular Hbond substituents is 1. The molecule has 2 aliphatic rings. The third-order valence-corrected chi connectivity index (χ3v) is 6.05. The quantitative estimate of drug-likeness (QED) is 0.862. The van der Waals surface area contributed by atoms with Crippen LogP contribution in [-0.2, 0) is 13.5 Å². The van der Waals surface area contributed by atoms with Crippen molar-refractivity contribution < 1.29 is 9.90 Å². The molecule has 0 aliphatic carbocycles. The lowest BCUT2D eigenvalue weighted by atomic mass is 10.2. The van der Waals surface area contributed by atoms with E-state index in [-0.39, 0.29) is 5.91 Å². The van der Waals surface area contributed by atoms with Crippen molar-refractivity contribution in [3.05, 3.63) is 47.8 Å². The van der Waals surface area contributed by atoms with Crippen LogP contribution in [0.2, 0.25) is 0 Å². The molecule has 0 radical (unpaired) electrons. The second-order valence-corrected chi connectivity index (χ2v) is 7.88. The maximum absolute atomic E-state index is 12.8. The lowest BCUT2D eigenvalue weighted by Gasteiger charge is -2.36.